The highest BCUT2D eigenvalue weighted by atomic mass is 16.5. The molecule has 0 unspecified atom stereocenters. The van der Waals surface area contributed by atoms with E-state index in [1.165, 1.54) is 7.11 Å². The fourth-order valence-corrected chi connectivity index (χ4v) is 1.75. The minimum absolute atomic E-state index is 0.0827. The third kappa shape index (κ3) is 3.52. The quantitative estimate of drug-likeness (QED) is 0.447. The van der Waals surface area contributed by atoms with Gasteiger partial charge in [0.15, 0.2) is 11.6 Å². The Balaban J connectivity index is 3.06. The Hall–Kier alpha value is -1.92. The van der Waals surface area contributed by atoms with Crippen molar-refractivity contribution in [1.29, 1.82) is 0 Å². The highest BCUT2D eigenvalue weighted by Crippen LogP contribution is 2.21. The molecule has 1 rings (SSSR count). The summed E-state index contributed by atoms with van der Waals surface area (Å²) >= 11 is 0. The van der Waals surface area contributed by atoms with Crippen LogP contribution in [-0.4, -0.2) is 24.3 Å². The van der Waals surface area contributed by atoms with E-state index in [0.29, 0.717) is 5.56 Å². The van der Waals surface area contributed by atoms with Gasteiger partial charge in [-0.15, -0.1) is 12.3 Å². The fraction of sp³-hybridized carbons (Fsp3) is 0.375. The summed E-state index contributed by atoms with van der Waals surface area (Å²) < 4.78 is 5.14. The Morgan fingerprint density at radius 2 is 1.89 bits per heavy atom. The van der Waals surface area contributed by atoms with Crippen LogP contribution >= 0.6 is 0 Å². The van der Waals surface area contributed by atoms with Crippen LogP contribution in [0.15, 0.2) is 30.3 Å². The lowest BCUT2D eigenvalue weighted by Gasteiger charge is -2.25. The fourth-order valence-electron chi connectivity index (χ4n) is 1.75. The van der Waals surface area contributed by atoms with Gasteiger partial charge in [-0.1, -0.05) is 30.3 Å². The van der Waals surface area contributed by atoms with E-state index in [4.69, 9.17) is 11.2 Å². The van der Waals surface area contributed by atoms with Gasteiger partial charge < -0.3 is 4.74 Å². The van der Waals surface area contributed by atoms with Crippen molar-refractivity contribution in [1.82, 2.24) is 0 Å². The molecule has 0 aliphatic rings. The van der Waals surface area contributed by atoms with E-state index >= 15 is 0 Å². The minimum atomic E-state index is -1.02. The maximum atomic E-state index is 12.4. The maximum absolute atomic E-state index is 12.4. The number of benzene rings is 1. The van der Waals surface area contributed by atoms with Crippen molar-refractivity contribution >= 4 is 11.6 Å². The van der Waals surface area contributed by atoms with Gasteiger partial charge in [-0.2, -0.15) is 0 Å². The number of carbonyl (C=O) groups excluding carboxylic acids is 2. The van der Waals surface area contributed by atoms with Crippen LogP contribution in [0.4, 0.5) is 0 Å². The third-order valence-corrected chi connectivity index (χ3v) is 3.12. The maximum Gasteiger partial charge on any atom is 0.175 e. The molecule has 0 saturated carbocycles. The number of rotatable bonds is 6. The average molecular weight is 258 g/mol. The highest BCUT2D eigenvalue weighted by Gasteiger charge is 2.37. The predicted molar refractivity (Wildman–Crippen MR) is 73.8 cm³/mol. The molecule has 19 heavy (non-hydrogen) atoms. The van der Waals surface area contributed by atoms with Gasteiger partial charge in [-0.3, -0.25) is 9.59 Å². The van der Waals surface area contributed by atoms with Gasteiger partial charge in [0.2, 0.25) is 0 Å². The van der Waals surface area contributed by atoms with E-state index in [-0.39, 0.29) is 18.0 Å². The zero-order valence-electron chi connectivity index (χ0n) is 11.5. The van der Waals surface area contributed by atoms with Gasteiger partial charge in [-0.25, -0.2) is 0 Å². The molecule has 1 aromatic carbocycles. The average Bonchev–Trinajstić information content (AvgIpc) is 2.44. The molecule has 0 fully saturated rings. The molecule has 0 saturated heterocycles. The first-order valence-electron chi connectivity index (χ1n) is 6.06. The molecule has 1 atom stereocenters. The van der Waals surface area contributed by atoms with Gasteiger partial charge in [0, 0.05) is 19.1 Å². The first-order chi connectivity index (χ1) is 8.94. The van der Waals surface area contributed by atoms with Crippen molar-refractivity contribution < 1.29 is 14.3 Å². The first kappa shape index (κ1) is 15.1. The number of hydrogen-bond donors (Lipinski definition) is 0. The molecule has 0 aromatic heterocycles. The van der Waals surface area contributed by atoms with Gasteiger partial charge in [0.1, 0.15) is 5.60 Å². The summed E-state index contributed by atoms with van der Waals surface area (Å²) in [5.74, 6) is 0.994. The molecule has 100 valence electrons. The van der Waals surface area contributed by atoms with E-state index in [1.807, 2.05) is 6.07 Å². The largest absolute Gasteiger partial charge is 0.371 e. The molecule has 0 radical (unpaired) electrons. The summed E-state index contributed by atoms with van der Waals surface area (Å²) in [7, 11) is 1.44. The van der Waals surface area contributed by atoms with Crippen LogP contribution in [0.1, 0.15) is 30.6 Å². The zero-order valence-corrected chi connectivity index (χ0v) is 11.5. The molecule has 1 aromatic rings. The predicted octanol–water partition coefficient (Wildman–Crippen LogP) is 2.50. The van der Waals surface area contributed by atoms with Crippen molar-refractivity contribution in [2.24, 2.45) is 5.92 Å². The Morgan fingerprint density at radius 1 is 1.32 bits per heavy atom. The number of Topliss-reactive ketones (excluding diaryl/α,β-unsaturated/α-hetero) is 2. The summed E-state index contributed by atoms with van der Waals surface area (Å²) in [4.78, 5) is 24.7. The van der Waals surface area contributed by atoms with Crippen LogP contribution < -0.4 is 0 Å². The summed E-state index contributed by atoms with van der Waals surface area (Å²) in [6, 6.07) is 8.68. The number of terminal acetylenes is 1. The smallest absolute Gasteiger partial charge is 0.175 e. The molecular formula is C16H18O3. The molecule has 0 N–H and O–H groups in total. The van der Waals surface area contributed by atoms with Gasteiger partial charge in [0.05, 0.1) is 5.92 Å². The molecular weight excluding hydrogens is 240 g/mol. The van der Waals surface area contributed by atoms with E-state index < -0.39 is 11.5 Å². The van der Waals surface area contributed by atoms with E-state index in [1.54, 1.807) is 38.1 Å². The highest BCUT2D eigenvalue weighted by molar-refractivity contribution is 6.13. The summed E-state index contributed by atoms with van der Waals surface area (Å²) in [5.41, 5.74) is -0.533. The Bertz CT molecular complexity index is 494. The zero-order chi connectivity index (χ0) is 14.5. The molecule has 0 spiro atoms. The van der Waals surface area contributed by atoms with Crippen LogP contribution in [0.25, 0.3) is 0 Å². The Labute approximate surface area is 114 Å². The molecule has 0 aliphatic carbocycles. The van der Waals surface area contributed by atoms with Crippen LogP contribution in [0.3, 0.4) is 0 Å². The molecule has 0 heterocycles. The van der Waals surface area contributed by atoms with E-state index in [2.05, 4.69) is 5.92 Å². The number of carbonyl (C=O) groups is 2. The lowest BCUT2D eigenvalue weighted by molar-refractivity contribution is -0.139. The molecule has 0 aliphatic heterocycles. The van der Waals surface area contributed by atoms with Crippen LogP contribution in [0.2, 0.25) is 0 Å². The number of methoxy groups -OCH3 is 1. The molecule has 3 heteroatoms. The van der Waals surface area contributed by atoms with Gasteiger partial charge >= 0.3 is 0 Å². The molecule has 3 nitrogen and oxygen atoms in total. The van der Waals surface area contributed by atoms with Crippen molar-refractivity contribution in [3.63, 3.8) is 0 Å². The third-order valence-electron chi connectivity index (χ3n) is 3.12. The normalized spacial score (nSPS) is 12.5. The number of ketones is 2. The Kier molecular flexibility index (Phi) is 5.02. The lowest BCUT2D eigenvalue weighted by Crippen LogP contribution is -2.41. The minimum Gasteiger partial charge on any atom is -0.371 e. The van der Waals surface area contributed by atoms with Crippen LogP contribution in [0.5, 0.6) is 0 Å². The van der Waals surface area contributed by atoms with Gasteiger partial charge in [-0.05, 0) is 13.8 Å². The van der Waals surface area contributed by atoms with Crippen molar-refractivity contribution in [3.8, 4) is 12.3 Å². The second-order valence-electron chi connectivity index (χ2n) is 4.77. The van der Waals surface area contributed by atoms with E-state index in [9.17, 15) is 9.59 Å². The van der Waals surface area contributed by atoms with Crippen molar-refractivity contribution in [2.45, 2.75) is 25.9 Å². The number of hydrogen-bond acceptors (Lipinski definition) is 3. The second kappa shape index (κ2) is 6.31. The topological polar surface area (TPSA) is 43.4 Å². The summed E-state index contributed by atoms with van der Waals surface area (Å²) in [6.45, 7) is 3.27. The molecule has 0 amide bonds. The standard InChI is InChI=1S/C16H18O3/c1-5-9-13(15(18)16(2,3)19-4)14(17)12-10-7-6-8-11-12/h1,6-8,10-11,13H,9H2,2-4H3/t13-/m0/s1. The van der Waals surface area contributed by atoms with Crippen LogP contribution in [-0.2, 0) is 9.53 Å². The summed E-state index contributed by atoms with van der Waals surface area (Å²) in [5, 5.41) is 0. The van der Waals surface area contributed by atoms with Crippen molar-refractivity contribution in [3.05, 3.63) is 35.9 Å². The second-order valence-corrected chi connectivity index (χ2v) is 4.77. The van der Waals surface area contributed by atoms with Crippen molar-refractivity contribution in [2.75, 3.05) is 7.11 Å². The summed E-state index contributed by atoms with van der Waals surface area (Å²) in [6.07, 6.45) is 5.36. The lowest BCUT2D eigenvalue weighted by atomic mass is 9.84. The Morgan fingerprint density at radius 3 is 2.37 bits per heavy atom. The monoisotopic (exact) mass is 258 g/mol. The molecule has 0 bridgehead atoms. The van der Waals surface area contributed by atoms with Crippen LogP contribution in [0, 0.1) is 18.3 Å². The first-order valence-corrected chi connectivity index (χ1v) is 6.06. The van der Waals surface area contributed by atoms with Gasteiger partial charge in [0.25, 0.3) is 0 Å². The number of ether oxygens (including phenoxy) is 1. The van der Waals surface area contributed by atoms with E-state index in [0.717, 1.165) is 0 Å². The SMILES string of the molecule is C#CC[C@@H](C(=O)c1ccccc1)C(=O)C(C)(C)OC.